The maximum absolute atomic E-state index is 11.0. The predicted molar refractivity (Wildman–Crippen MR) is 55.6 cm³/mol. The smallest absolute Gasteiger partial charge is 0.407 e. The zero-order valence-corrected chi connectivity index (χ0v) is 9.41. The highest BCUT2D eigenvalue weighted by Crippen LogP contribution is 2.17. The fourth-order valence-corrected chi connectivity index (χ4v) is 1.67. The van der Waals surface area contributed by atoms with Gasteiger partial charge in [-0.05, 0) is 27.2 Å². The van der Waals surface area contributed by atoms with E-state index in [4.69, 9.17) is 5.11 Å². The normalized spacial score (nSPS) is 21.3. The molecule has 1 atom stereocenters. The van der Waals surface area contributed by atoms with Crippen molar-refractivity contribution >= 4 is 12.0 Å². The summed E-state index contributed by atoms with van der Waals surface area (Å²) in [4.78, 5) is 23.4. The molecule has 1 aliphatic rings. The number of carboxylic acid groups (broad SMARTS) is 1. The molecule has 2 N–H and O–H groups in total. The zero-order chi connectivity index (χ0) is 11.6. The van der Waals surface area contributed by atoms with E-state index in [0.717, 1.165) is 6.42 Å². The van der Waals surface area contributed by atoms with E-state index in [1.54, 1.807) is 0 Å². The Morgan fingerprint density at radius 3 is 2.53 bits per heavy atom. The second-order valence-corrected chi connectivity index (χ2v) is 4.87. The number of rotatable bonds is 2. The van der Waals surface area contributed by atoms with Crippen LogP contribution in [-0.4, -0.2) is 40.1 Å². The highest BCUT2D eigenvalue weighted by molar-refractivity contribution is 5.78. The summed E-state index contributed by atoms with van der Waals surface area (Å²) < 4.78 is 0. The molecule has 5 heteroatoms. The summed E-state index contributed by atoms with van der Waals surface area (Å²) in [6, 6.07) is -0.0344. The van der Waals surface area contributed by atoms with Gasteiger partial charge in [-0.1, -0.05) is 0 Å². The monoisotopic (exact) mass is 214 g/mol. The first-order valence-electron chi connectivity index (χ1n) is 5.10. The van der Waals surface area contributed by atoms with Crippen molar-refractivity contribution in [2.24, 2.45) is 0 Å². The number of nitrogens with one attached hydrogen (secondary N) is 1. The van der Waals surface area contributed by atoms with E-state index < -0.39 is 11.6 Å². The maximum atomic E-state index is 11.0. The summed E-state index contributed by atoms with van der Waals surface area (Å²) in [5.74, 6) is 0.0132. The first-order chi connectivity index (χ1) is 6.80. The van der Waals surface area contributed by atoms with Crippen molar-refractivity contribution in [3.05, 3.63) is 0 Å². The fraction of sp³-hybridized carbons (Fsp3) is 0.800. The van der Waals surface area contributed by atoms with Crippen LogP contribution in [0.5, 0.6) is 0 Å². The number of amides is 2. The van der Waals surface area contributed by atoms with Gasteiger partial charge >= 0.3 is 6.09 Å². The van der Waals surface area contributed by atoms with E-state index in [1.807, 2.05) is 20.8 Å². The molecule has 1 rings (SSSR count). The summed E-state index contributed by atoms with van der Waals surface area (Å²) in [6.07, 6.45) is 0.282. The zero-order valence-electron chi connectivity index (χ0n) is 9.41. The molecule has 0 spiro atoms. The van der Waals surface area contributed by atoms with Crippen LogP contribution in [0.4, 0.5) is 4.79 Å². The molecule has 0 aromatic carbocycles. The lowest BCUT2D eigenvalue weighted by molar-refractivity contribution is -0.119. The summed E-state index contributed by atoms with van der Waals surface area (Å²) in [5.41, 5.74) is -0.431. The molecule has 5 nitrogen and oxygen atoms in total. The Kier molecular flexibility index (Phi) is 3.21. The third kappa shape index (κ3) is 3.11. The molecule has 0 radical (unpaired) electrons. The number of hydrogen-bond donors (Lipinski definition) is 2. The molecule has 0 unspecified atom stereocenters. The van der Waals surface area contributed by atoms with Gasteiger partial charge in [0.05, 0.1) is 0 Å². The van der Waals surface area contributed by atoms with Gasteiger partial charge in [-0.15, -0.1) is 0 Å². The third-order valence-corrected chi connectivity index (χ3v) is 2.53. The molecule has 0 aromatic rings. The van der Waals surface area contributed by atoms with Crippen LogP contribution in [0.2, 0.25) is 0 Å². The SMILES string of the molecule is CC(C)(C)N(C[C@@H]1CCC(=O)N1)C(=O)O. The molecule has 1 heterocycles. The highest BCUT2D eigenvalue weighted by atomic mass is 16.4. The Hall–Kier alpha value is -1.26. The number of carbonyl (C=O) groups is 2. The number of nitrogens with zero attached hydrogens (tertiary/aromatic N) is 1. The number of hydrogen-bond acceptors (Lipinski definition) is 2. The molecule has 15 heavy (non-hydrogen) atoms. The minimum atomic E-state index is -0.941. The van der Waals surface area contributed by atoms with E-state index in [1.165, 1.54) is 4.90 Å². The van der Waals surface area contributed by atoms with Crippen molar-refractivity contribution in [3.63, 3.8) is 0 Å². The average molecular weight is 214 g/mol. The molecule has 0 bridgehead atoms. The molecule has 0 saturated carbocycles. The predicted octanol–water partition coefficient (Wildman–Crippen LogP) is 1.04. The molecule has 2 amide bonds. The topological polar surface area (TPSA) is 69.6 Å². The van der Waals surface area contributed by atoms with Crippen molar-refractivity contribution in [2.75, 3.05) is 6.54 Å². The van der Waals surface area contributed by atoms with Gasteiger partial charge in [0.25, 0.3) is 0 Å². The highest BCUT2D eigenvalue weighted by Gasteiger charge is 2.31. The van der Waals surface area contributed by atoms with Crippen LogP contribution in [0.1, 0.15) is 33.6 Å². The molecule has 0 aliphatic carbocycles. The van der Waals surface area contributed by atoms with Gasteiger partial charge in [-0.2, -0.15) is 0 Å². The van der Waals surface area contributed by atoms with E-state index in [9.17, 15) is 9.59 Å². The Morgan fingerprint density at radius 1 is 1.60 bits per heavy atom. The van der Waals surface area contributed by atoms with Crippen molar-refractivity contribution in [3.8, 4) is 0 Å². The maximum Gasteiger partial charge on any atom is 0.407 e. The van der Waals surface area contributed by atoms with Crippen LogP contribution < -0.4 is 5.32 Å². The van der Waals surface area contributed by atoms with Gasteiger partial charge in [0, 0.05) is 24.5 Å². The minimum absolute atomic E-state index is 0.0132. The van der Waals surface area contributed by atoms with E-state index in [2.05, 4.69) is 5.32 Å². The van der Waals surface area contributed by atoms with Crippen LogP contribution in [0.15, 0.2) is 0 Å². The third-order valence-electron chi connectivity index (χ3n) is 2.53. The Morgan fingerprint density at radius 2 is 2.20 bits per heavy atom. The van der Waals surface area contributed by atoms with E-state index in [0.29, 0.717) is 13.0 Å². The molecule has 1 fully saturated rings. The van der Waals surface area contributed by atoms with Crippen molar-refractivity contribution in [2.45, 2.75) is 45.2 Å². The second-order valence-electron chi connectivity index (χ2n) is 4.87. The number of carbonyl (C=O) groups excluding carboxylic acids is 1. The Labute approximate surface area is 89.4 Å². The van der Waals surface area contributed by atoms with Gasteiger partial charge in [-0.25, -0.2) is 4.79 Å². The lowest BCUT2D eigenvalue weighted by Gasteiger charge is -2.34. The van der Waals surface area contributed by atoms with E-state index in [-0.39, 0.29) is 11.9 Å². The summed E-state index contributed by atoms with van der Waals surface area (Å²) in [6.45, 7) is 5.90. The average Bonchev–Trinajstić information content (AvgIpc) is 2.44. The van der Waals surface area contributed by atoms with Crippen molar-refractivity contribution in [1.29, 1.82) is 0 Å². The Balaban J connectivity index is 2.60. The molecule has 1 saturated heterocycles. The standard InChI is InChI=1S/C10H18N2O3/c1-10(2,3)12(9(14)15)6-7-4-5-8(13)11-7/h7H,4-6H2,1-3H3,(H,11,13)(H,14,15)/t7-/m0/s1. The van der Waals surface area contributed by atoms with Crippen LogP contribution in [-0.2, 0) is 4.79 Å². The first kappa shape index (κ1) is 11.8. The minimum Gasteiger partial charge on any atom is -0.465 e. The Bertz CT molecular complexity index is 270. The van der Waals surface area contributed by atoms with Crippen LogP contribution in [0.25, 0.3) is 0 Å². The van der Waals surface area contributed by atoms with Gasteiger partial charge in [0.15, 0.2) is 0 Å². The molecule has 86 valence electrons. The van der Waals surface area contributed by atoms with Crippen LogP contribution in [0, 0.1) is 0 Å². The quantitative estimate of drug-likeness (QED) is 0.721. The molecule has 1 aliphatic heterocycles. The van der Waals surface area contributed by atoms with Crippen molar-refractivity contribution in [1.82, 2.24) is 10.2 Å². The first-order valence-corrected chi connectivity index (χ1v) is 5.10. The van der Waals surface area contributed by atoms with Gasteiger partial charge < -0.3 is 15.3 Å². The van der Waals surface area contributed by atoms with Crippen molar-refractivity contribution < 1.29 is 14.7 Å². The largest absolute Gasteiger partial charge is 0.465 e. The second kappa shape index (κ2) is 4.08. The van der Waals surface area contributed by atoms with Gasteiger partial charge in [0.1, 0.15) is 0 Å². The van der Waals surface area contributed by atoms with Gasteiger partial charge in [0.2, 0.25) is 5.91 Å². The lowest BCUT2D eigenvalue weighted by Crippen LogP contribution is -2.50. The molecular formula is C10H18N2O3. The van der Waals surface area contributed by atoms with Crippen LogP contribution >= 0.6 is 0 Å². The van der Waals surface area contributed by atoms with Gasteiger partial charge in [-0.3, -0.25) is 4.79 Å². The summed E-state index contributed by atoms with van der Waals surface area (Å²) >= 11 is 0. The summed E-state index contributed by atoms with van der Waals surface area (Å²) in [5, 5.41) is 11.8. The van der Waals surface area contributed by atoms with Crippen LogP contribution in [0.3, 0.4) is 0 Å². The van der Waals surface area contributed by atoms with E-state index >= 15 is 0 Å². The lowest BCUT2D eigenvalue weighted by atomic mass is 10.1. The fourth-order valence-electron chi connectivity index (χ4n) is 1.67. The molecule has 0 aromatic heterocycles. The molecular weight excluding hydrogens is 196 g/mol. The summed E-state index contributed by atoms with van der Waals surface area (Å²) in [7, 11) is 0.